The number of aldehydes is 1. The van der Waals surface area contributed by atoms with Crippen LogP contribution in [0.25, 0.3) is 0 Å². The average Bonchev–Trinajstić information content (AvgIpc) is 2.55. The molecule has 0 saturated carbocycles. The van der Waals surface area contributed by atoms with Gasteiger partial charge in [0.25, 0.3) is 0 Å². The molecule has 0 spiro atoms. The first-order valence-corrected chi connectivity index (χ1v) is 7.22. The molecule has 0 bridgehead atoms. The van der Waals surface area contributed by atoms with E-state index in [2.05, 4.69) is 15.9 Å². The number of rotatable bonds is 4. The third-order valence-electron chi connectivity index (χ3n) is 3.13. The van der Waals surface area contributed by atoms with Gasteiger partial charge in [-0.25, -0.2) is 0 Å². The van der Waals surface area contributed by atoms with Gasteiger partial charge < -0.3 is 4.74 Å². The minimum Gasteiger partial charge on any atom is -0.351 e. The summed E-state index contributed by atoms with van der Waals surface area (Å²) in [4.78, 5) is 24.8. The molecule has 0 fully saturated rings. The molecule has 102 valence electrons. The lowest BCUT2D eigenvalue weighted by Crippen LogP contribution is -2.46. The van der Waals surface area contributed by atoms with Crippen molar-refractivity contribution in [2.45, 2.75) is 30.8 Å². The van der Waals surface area contributed by atoms with Crippen molar-refractivity contribution in [2.75, 3.05) is 11.5 Å². The smallest absolute Gasteiger partial charge is 0.243 e. The van der Waals surface area contributed by atoms with Crippen molar-refractivity contribution in [3.05, 3.63) is 29.8 Å². The van der Waals surface area contributed by atoms with E-state index < -0.39 is 6.23 Å². The summed E-state index contributed by atoms with van der Waals surface area (Å²) in [6, 6.07) is 7.64. The topological polar surface area (TPSA) is 46.6 Å². The second-order valence-corrected chi connectivity index (χ2v) is 5.43. The molecule has 0 aliphatic carbocycles. The summed E-state index contributed by atoms with van der Waals surface area (Å²) in [6.07, 6.45) is 1.32. The Morgan fingerprint density at radius 3 is 2.95 bits per heavy atom. The molecule has 0 radical (unpaired) electrons. The quantitative estimate of drug-likeness (QED) is 0.630. The molecule has 0 saturated heterocycles. The highest BCUT2D eigenvalue weighted by molar-refractivity contribution is 9.10. The second-order valence-electron chi connectivity index (χ2n) is 4.33. The van der Waals surface area contributed by atoms with Crippen LogP contribution >= 0.6 is 15.9 Å². The standard InChI is InChI=1S/C14H16BrNO3/c1-2-19-13(9-17)16-12-6-4-3-5-10(12)7-8-11(15)14(16)18/h3-6,9,11,13H,2,7-8H2,1H3. The maximum Gasteiger partial charge on any atom is 0.243 e. The van der Waals surface area contributed by atoms with E-state index in [1.807, 2.05) is 24.3 Å². The number of benzene rings is 1. The largest absolute Gasteiger partial charge is 0.351 e. The van der Waals surface area contributed by atoms with Crippen LogP contribution in [-0.4, -0.2) is 29.9 Å². The molecule has 1 aromatic rings. The molecule has 1 aliphatic rings. The van der Waals surface area contributed by atoms with Gasteiger partial charge in [0, 0.05) is 12.3 Å². The molecule has 1 amide bonds. The van der Waals surface area contributed by atoms with E-state index in [4.69, 9.17) is 4.74 Å². The number of ether oxygens (including phenoxy) is 1. The van der Waals surface area contributed by atoms with Crippen LogP contribution in [-0.2, 0) is 20.7 Å². The van der Waals surface area contributed by atoms with Crippen LogP contribution in [0.1, 0.15) is 18.9 Å². The van der Waals surface area contributed by atoms with Gasteiger partial charge in [0.2, 0.25) is 5.91 Å². The van der Waals surface area contributed by atoms with Gasteiger partial charge in [0.1, 0.15) is 0 Å². The SMILES string of the molecule is CCOC(C=O)N1C(=O)C(Br)CCc2ccccc21. The fourth-order valence-electron chi connectivity index (χ4n) is 2.24. The Kier molecular flexibility index (Phi) is 4.71. The number of fused-ring (bicyclic) bond motifs is 1. The molecular formula is C14H16BrNO3. The van der Waals surface area contributed by atoms with E-state index in [0.717, 1.165) is 17.7 Å². The molecular weight excluding hydrogens is 310 g/mol. The van der Waals surface area contributed by atoms with Gasteiger partial charge in [-0.15, -0.1) is 0 Å². The third kappa shape index (κ3) is 2.87. The summed E-state index contributed by atoms with van der Waals surface area (Å²) in [7, 11) is 0. The lowest BCUT2D eigenvalue weighted by Gasteiger charge is -2.29. The number of nitrogens with zero attached hydrogens (tertiary/aromatic N) is 1. The molecule has 4 nitrogen and oxygen atoms in total. The number of amides is 1. The highest BCUT2D eigenvalue weighted by atomic mass is 79.9. The van der Waals surface area contributed by atoms with Gasteiger partial charge in [0.15, 0.2) is 12.5 Å². The zero-order valence-electron chi connectivity index (χ0n) is 10.7. The Hall–Kier alpha value is -1.20. The predicted octanol–water partition coefficient (Wildman–Crippen LogP) is 2.29. The van der Waals surface area contributed by atoms with Gasteiger partial charge in [-0.2, -0.15) is 0 Å². The Morgan fingerprint density at radius 2 is 2.26 bits per heavy atom. The molecule has 5 heteroatoms. The molecule has 0 aromatic heterocycles. The zero-order valence-corrected chi connectivity index (χ0v) is 12.3. The van der Waals surface area contributed by atoms with Crippen molar-refractivity contribution >= 4 is 33.8 Å². The van der Waals surface area contributed by atoms with Gasteiger partial charge in [-0.1, -0.05) is 34.1 Å². The molecule has 0 N–H and O–H groups in total. The number of hydrogen-bond acceptors (Lipinski definition) is 3. The van der Waals surface area contributed by atoms with E-state index in [-0.39, 0.29) is 10.7 Å². The first-order chi connectivity index (χ1) is 9.19. The molecule has 2 unspecified atom stereocenters. The summed E-state index contributed by atoms with van der Waals surface area (Å²) in [5.74, 6) is -0.129. The van der Waals surface area contributed by atoms with Crippen LogP contribution in [0.15, 0.2) is 24.3 Å². The summed E-state index contributed by atoms with van der Waals surface area (Å²) >= 11 is 3.39. The van der Waals surface area contributed by atoms with Crippen LogP contribution in [0.2, 0.25) is 0 Å². The maximum absolute atomic E-state index is 12.4. The Morgan fingerprint density at radius 1 is 1.53 bits per heavy atom. The number of para-hydroxylation sites is 1. The van der Waals surface area contributed by atoms with Crippen LogP contribution in [0.4, 0.5) is 5.69 Å². The molecule has 2 atom stereocenters. The minimum absolute atomic E-state index is 0.129. The number of hydrogen-bond donors (Lipinski definition) is 0. The van der Waals surface area contributed by atoms with E-state index in [9.17, 15) is 9.59 Å². The van der Waals surface area contributed by atoms with Crippen molar-refractivity contribution in [3.8, 4) is 0 Å². The van der Waals surface area contributed by atoms with Crippen molar-refractivity contribution in [2.24, 2.45) is 0 Å². The molecule has 1 heterocycles. The Balaban J connectivity index is 2.46. The van der Waals surface area contributed by atoms with Crippen LogP contribution in [0.5, 0.6) is 0 Å². The summed E-state index contributed by atoms with van der Waals surface area (Å²) in [5.41, 5.74) is 1.82. The van der Waals surface area contributed by atoms with Crippen molar-refractivity contribution in [1.82, 2.24) is 0 Å². The normalized spacial score (nSPS) is 20.6. The summed E-state index contributed by atoms with van der Waals surface area (Å²) < 4.78 is 5.38. The molecule has 2 rings (SSSR count). The van der Waals surface area contributed by atoms with E-state index in [1.165, 1.54) is 4.90 Å². The highest BCUT2D eigenvalue weighted by Gasteiger charge is 2.33. The van der Waals surface area contributed by atoms with Crippen LogP contribution in [0, 0.1) is 0 Å². The molecule has 1 aromatic carbocycles. The van der Waals surface area contributed by atoms with Crippen molar-refractivity contribution < 1.29 is 14.3 Å². The lowest BCUT2D eigenvalue weighted by atomic mass is 10.1. The number of halogens is 1. The maximum atomic E-state index is 12.4. The number of alkyl halides is 1. The van der Waals surface area contributed by atoms with E-state index in [0.29, 0.717) is 19.3 Å². The Labute approximate surface area is 120 Å². The number of carbonyl (C=O) groups is 2. The Bertz CT molecular complexity index is 478. The van der Waals surface area contributed by atoms with Crippen molar-refractivity contribution in [3.63, 3.8) is 0 Å². The average molecular weight is 326 g/mol. The van der Waals surface area contributed by atoms with Crippen molar-refractivity contribution in [1.29, 1.82) is 0 Å². The highest BCUT2D eigenvalue weighted by Crippen LogP contribution is 2.30. The zero-order chi connectivity index (χ0) is 13.8. The molecule has 1 aliphatic heterocycles. The first-order valence-electron chi connectivity index (χ1n) is 6.31. The van der Waals surface area contributed by atoms with Gasteiger partial charge >= 0.3 is 0 Å². The van der Waals surface area contributed by atoms with E-state index in [1.54, 1.807) is 6.92 Å². The number of carbonyl (C=O) groups excluding carboxylic acids is 2. The first kappa shape index (κ1) is 14.2. The monoisotopic (exact) mass is 325 g/mol. The third-order valence-corrected chi connectivity index (χ3v) is 3.98. The van der Waals surface area contributed by atoms with E-state index >= 15 is 0 Å². The van der Waals surface area contributed by atoms with Crippen LogP contribution < -0.4 is 4.90 Å². The number of aryl methyl sites for hydroxylation is 1. The van der Waals surface area contributed by atoms with Gasteiger partial charge in [-0.05, 0) is 31.4 Å². The van der Waals surface area contributed by atoms with Crippen LogP contribution in [0.3, 0.4) is 0 Å². The van der Waals surface area contributed by atoms with Gasteiger partial charge in [0.05, 0.1) is 4.83 Å². The van der Waals surface area contributed by atoms with Gasteiger partial charge in [-0.3, -0.25) is 14.5 Å². The number of anilines is 1. The molecule has 19 heavy (non-hydrogen) atoms. The lowest BCUT2D eigenvalue weighted by molar-refractivity contribution is -0.126. The fraction of sp³-hybridized carbons (Fsp3) is 0.429. The summed E-state index contributed by atoms with van der Waals surface area (Å²) in [5, 5.41) is 0. The minimum atomic E-state index is -0.864. The predicted molar refractivity (Wildman–Crippen MR) is 76.4 cm³/mol. The summed E-state index contributed by atoms with van der Waals surface area (Å²) in [6.45, 7) is 2.18. The second kappa shape index (κ2) is 6.30. The fourth-order valence-corrected chi connectivity index (χ4v) is 2.69.